The van der Waals surface area contributed by atoms with E-state index >= 15 is 0 Å². The zero-order chi connectivity index (χ0) is 15.4. The molecule has 1 aromatic carbocycles. The molecular weight excluding hydrogens is 305 g/mol. The van der Waals surface area contributed by atoms with Gasteiger partial charge in [-0.15, -0.1) is 0 Å². The fraction of sp³-hybridized carbons (Fsp3) is 0.438. The molecule has 2 N–H and O–H groups in total. The van der Waals surface area contributed by atoms with Gasteiger partial charge in [0, 0.05) is 28.7 Å². The van der Waals surface area contributed by atoms with Crippen LogP contribution in [0.4, 0.5) is 5.95 Å². The molecule has 1 aliphatic carbocycles. The van der Waals surface area contributed by atoms with Crippen LogP contribution in [0.2, 0.25) is 10.0 Å². The van der Waals surface area contributed by atoms with Gasteiger partial charge in [0.25, 0.3) is 0 Å². The number of nitrogens with zero attached hydrogens (tertiary/aromatic N) is 1. The Kier molecular flexibility index (Phi) is 3.45. The van der Waals surface area contributed by atoms with Crippen molar-refractivity contribution in [3.8, 4) is 0 Å². The SMILES string of the molecule is CNc1nc(C)c([C@H]2[C@H](c3cc(Cl)cc(Cl)c3)C2(C)C)[nH]1. The van der Waals surface area contributed by atoms with Gasteiger partial charge < -0.3 is 10.3 Å². The Bertz CT molecular complexity index is 671. The number of aromatic nitrogens is 2. The van der Waals surface area contributed by atoms with Gasteiger partial charge in [0.05, 0.1) is 5.69 Å². The molecule has 0 spiro atoms. The third-order valence-corrected chi connectivity index (χ3v) is 4.98. The number of hydrogen-bond donors (Lipinski definition) is 2. The van der Waals surface area contributed by atoms with Crippen molar-refractivity contribution in [2.24, 2.45) is 5.41 Å². The number of imidazole rings is 1. The number of benzene rings is 1. The van der Waals surface area contributed by atoms with Crippen molar-refractivity contribution >= 4 is 29.2 Å². The van der Waals surface area contributed by atoms with E-state index in [2.05, 4.69) is 29.1 Å². The lowest BCUT2D eigenvalue weighted by Crippen LogP contribution is -1.93. The zero-order valence-electron chi connectivity index (χ0n) is 12.6. The van der Waals surface area contributed by atoms with Crippen LogP contribution in [-0.4, -0.2) is 17.0 Å². The van der Waals surface area contributed by atoms with Crippen LogP contribution in [0.3, 0.4) is 0 Å². The van der Waals surface area contributed by atoms with Crippen LogP contribution in [-0.2, 0) is 0 Å². The van der Waals surface area contributed by atoms with E-state index in [1.165, 1.54) is 11.3 Å². The number of anilines is 1. The van der Waals surface area contributed by atoms with Gasteiger partial charge in [-0.3, -0.25) is 0 Å². The highest BCUT2D eigenvalue weighted by Gasteiger charge is 2.60. The fourth-order valence-corrected chi connectivity index (χ4v) is 3.99. The maximum absolute atomic E-state index is 6.15. The Labute approximate surface area is 135 Å². The van der Waals surface area contributed by atoms with Crippen molar-refractivity contribution in [1.29, 1.82) is 0 Å². The number of H-pyrrole nitrogens is 1. The van der Waals surface area contributed by atoms with Crippen molar-refractivity contribution < 1.29 is 0 Å². The lowest BCUT2D eigenvalue weighted by atomic mass is 10.0. The maximum Gasteiger partial charge on any atom is 0.200 e. The Hall–Kier alpha value is -1.19. The van der Waals surface area contributed by atoms with Gasteiger partial charge >= 0.3 is 0 Å². The summed E-state index contributed by atoms with van der Waals surface area (Å²) in [5, 5.41) is 4.44. The molecule has 1 saturated carbocycles. The molecule has 3 nitrogen and oxygen atoms in total. The summed E-state index contributed by atoms with van der Waals surface area (Å²) >= 11 is 12.3. The highest BCUT2D eigenvalue weighted by atomic mass is 35.5. The molecule has 1 aromatic heterocycles. The van der Waals surface area contributed by atoms with Crippen LogP contribution in [0.15, 0.2) is 18.2 Å². The van der Waals surface area contributed by atoms with Gasteiger partial charge in [0.15, 0.2) is 5.95 Å². The summed E-state index contributed by atoms with van der Waals surface area (Å²) in [5.74, 6) is 1.62. The van der Waals surface area contributed by atoms with Gasteiger partial charge in [-0.05, 0) is 42.0 Å². The predicted octanol–water partition coefficient (Wildman–Crippen LogP) is 4.97. The first-order valence-corrected chi connectivity index (χ1v) is 7.80. The Balaban J connectivity index is 1.99. The normalized spacial score (nSPS) is 23.1. The second-order valence-electron chi connectivity index (χ2n) is 6.31. The Morgan fingerprint density at radius 2 is 1.76 bits per heavy atom. The molecule has 0 amide bonds. The minimum absolute atomic E-state index is 0.163. The molecule has 0 radical (unpaired) electrons. The van der Waals surface area contributed by atoms with Crippen LogP contribution in [0.25, 0.3) is 0 Å². The predicted molar refractivity (Wildman–Crippen MR) is 88.6 cm³/mol. The largest absolute Gasteiger partial charge is 0.359 e. The second kappa shape index (κ2) is 4.92. The summed E-state index contributed by atoms with van der Waals surface area (Å²) in [6.45, 7) is 6.59. The van der Waals surface area contributed by atoms with Gasteiger partial charge in [0.1, 0.15) is 0 Å². The van der Waals surface area contributed by atoms with E-state index in [9.17, 15) is 0 Å². The fourth-order valence-electron chi connectivity index (χ4n) is 3.45. The number of hydrogen-bond acceptors (Lipinski definition) is 2. The van der Waals surface area contributed by atoms with Crippen molar-refractivity contribution in [3.05, 3.63) is 45.2 Å². The number of rotatable bonds is 3. The number of halogens is 2. The standard InChI is InChI=1S/C16H19Cl2N3/c1-8-14(21-15(19-4)20-8)13-12(16(13,2)3)9-5-10(17)7-11(18)6-9/h5-7,12-13H,1-4H3,(H2,19,20,21)/t12-,13+/m0/s1. The average Bonchev–Trinajstić information content (AvgIpc) is 2.75. The summed E-state index contributed by atoms with van der Waals surface area (Å²) < 4.78 is 0. The molecule has 1 aliphatic rings. The molecule has 0 aliphatic heterocycles. The quantitative estimate of drug-likeness (QED) is 0.836. The summed E-state index contributed by atoms with van der Waals surface area (Å²) in [6.07, 6.45) is 0. The molecule has 0 saturated heterocycles. The van der Waals surface area contributed by atoms with Crippen molar-refractivity contribution in [2.45, 2.75) is 32.6 Å². The summed E-state index contributed by atoms with van der Waals surface area (Å²) in [7, 11) is 1.87. The molecule has 3 rings (SSSR count). The number of aromatic amines is 1. The van der Waals surface area contributed by atoms with Crippen LogP contribution in [0, 0.1) is 12.3 Å². The monoisotopic (exact) mass is 323 g/mol. The van der Waals surface area contributed by atoms with Crippen LogP contribution in [0.1, 0.15) is 42.6 Å². The molecule has 0 unspecified atom stereocenters. The molecule has 2 atom stereocenters. The molecule has 2 aromatic rings. The summed E-state index contributed by atoms with van der Waals surface area (Å²) in [4.78, 5) is 7.89. The third-order valence-electron chi connectivity index (χ3n) is 4.54. The lowest BCUT2D eigenvalue weighted by Gasteiger charge is -2.04. The molecule has 112 valence electrons. The topological polar surface area (TPSA) is 40.7 Å². The number of nitrogens with one attached hydrogen (secondary N) is 2. The van der Waals surface area contributed by atoms with E-state index < -0.39 is 0 Å². The van der Waals surface area contributed by atoms with E-state index in [1.807, 2.05) is 26.1 Å². The Morgan fingerprint density at radius 3 is 2.29 bits per heavy atom. The maximum atomic E-state index is 6.15. The summed E-state index contributed by atoms with van der Waals surface area (Å²) in [5.41, 5.74) is 3.61. The minimum atomic E-state index is 0.163. The highest BCUT2D eigenvalue weighted by molar-refractivity contribution is 6.34. The van der Waals surface area contributed by atoms with Crippen LogP contribution >= 0.6 is 23.2 Å². The van der Waals surface area contributed by atoms with Crippen molar-refractivity contribution in [2.75, 3.05) is 12.4 Å². The van der Waals surface area contributed by atoms with Crippen LogP contribution < -0.4 is 5.32 Å². The van der Waals surface area contributed by atoms with E-state index in [1.54, 1.807) is 6.07 Å². The van der Waals surface area contributed by atoms with E-state index in [-0.39, 0.29) is 5.41 Å². The third kappa shape index (κ3) is 2.43. The van der Waals surface area contributed by atoms with E-state index in [0.29, 0.717) is 21.9 Å². The Morgan fingerprint density at radius 1 is 1.14 bits per heavy atom. The smallest absolute Gasteiger partial charge is 0.200 e. The van der Waals surface area contributed by atoms with Crippen LogP contribution in [0.5, 0.6) is 0 Å². The molecule has 5 heteroatoms. The van der Waals surface area contributed by atoms with Gasteiger partial charge in [-0.2, -0.15) is 0 Å². The molecule has 1 heterocycles. The van der Waals surface area contributed by atoms with Gasteiger partial charge in [0.2, 0.25) is 0 Å². The molecular formula is C16H19Cl2N3. The van der Waals surface area contributed by atoms with E-state index in [0.717, 1.165) is 11.6 Å². The lowest BCUT2D eigenvalue weighted by molar-refractivity contribution is 0.597. The van der Waals surface area contributed by atoms with E-state index in [4.69, 9.17) is 23.2 Å². The molecule has 1 fully saturated rings. The summed E-state index contributed by atoms with van der Waals surface area (Å²) in [6, 6.07) is 5.81. The first kappa shape index (κ1) is 14.7. The van der Waals surface area contributed by atoms with Gasteiger partial charge in [-0.1, -0.05) is 37.0 Å². The minimum Gasteiger partial charge on any atom is -0.359 e. The molecule has 21 heavy (non-hydrogen) atoms. The van der Waals surface area contributed by atoms with Crippen molar-refractivity contribution in [3.63, 3.8) is 0 Å². The zero-order valence-corrected chi connectivity index (χ0v) is 14.1. The van der Waals surface area contributed by atoms with Crippen molar-refractivity contribution in [1.82, 2.24) is 9.97 Å². The highest BCUT2D eigenvalue weighted by Crippen LogP contribution is 2.70. The average molecular weight is 324 g/mol. The first-order valence-electron chi connectivity index (χ1n) is 7.05. The number of aryl methyl sites for hydroxylation is 1. The first-order chi connectivity index (χ1) is 9.84. The molecule has 0 bridgehead atoms. The van der Waals surface area contributed by atoms with Gasteiger partial charge in [-0.25, -0.2) is 4.98 Å². The second-order valence-corrected chi connectivity index (χ2v) is 7.19.